The first-order valence-electron chi connectivity index (χ1n) is 7.35. The van der Waals surface area contributed by atoms with E-state index < -0.39 is 0 Å². The van der Waals surface area contributed by atoms with Crippen molar-refractivity contribution in [3.8, 4) is 5.75 Å². The van der Waals surface area contributed by atoms with E-state index in [9.17, 15) is 0 Å². The molecular weight excluding hydrogens is 236 g/mol. The standard InChI is InChI=1S/C16H24N2O/c1-11-4-3-7-18(10-11)15-8-12-5-6-13(19-2)9-14(12)16(15)17/h5-6,9,11,15-16H,3-4,7-8,10,17H2,1-2H3. The number of piperidine rings is 1. The lowest BCUT2D eigenvalue weighted by molar-refractivity contribution is 0.119. The van der Waals surface area contributed by atoms with Gasteiger partial charge in [0.05, 0.1) is 7.11 Å². The number of hydrogen-bond donors (Lipinski definition) is 1. The van der Waals surface area contributed by atoms with Gasteiger partial charge in [0.15, 0.2) is 0 Å². The Kier molecular flexibility index (Phi) is 3.50. The van der Waals surface area contributed by atoms with Crippen molar-refractivity contribution in [2.75, 3.05) is 20.2 Å². The van der Waals surface area contributed by atoms with Gasteiger partial charge in [-0.15, -0.1) is 0 Å². The Morgan fingerprint density at radius 2 is 2.21 bits per heavy atom. The highest BCUT2D eigenvalue weighted by atomic mass is 16.5. The van der Waals surface area contributed by atoms with E-state index in [1.54, 1.807) is 7.11 Å². The lowest BCUT2D eigenvalue weighted by Gasteiger charge is -2.37. The first kappa shape index (κ1) is 12.9. The molecule has 3 unspecified atom stereocenters. The Morgan fingerprint density at radius 3 is 2.95 bits per heavy atom. The molecule has 1 heterocycles. The molecule has 1 aromatic rings. The molecule has 1 fully saturated rings. The van der Waals surface area contributed by atoms with Gasteiger partial charge in [0.2, 0.25) is 0 Å². The molecule has 3 atom stereocenters. The van der Waals surface area contributed by atoms with Gasteiger partial charge in [0.1, 0.15) is 5.75 Å². The number of methoxy groups -OCH3 is 1. The van der Waals surface area contributed by atoms with Gasteiger partial charge in [-0.1, -0.05) is 13.0 Å². The summed E-state index contributed by atoms with van der Waals surface area (Å²) in [6, 6.07) is 6.96. The monoisotopic (exact) mass is 260 g/mol. The van der Waals surface area contributed by atoms with Crippen LogP contribution in [0.5, 0.6) is 5.75 Å². The van der Waals surface area contributed by atoms with Gasteiger partial charge >= 0.3 is 0 Å². The van der Waals surface area contributed by atoms with Gasteiger partial charge in [0, 0.05) is 18.6 Å². The Balaban J connectivity index is 1.80. The second kappa shape index (κ2) is 5.14. The highest BCUT2D eigenvalue weighted by molar-refractivity contribution is 5.42. The van der Waals surface area contributed by atoms with E-state index >= 15 is 0 Å². The third-order valence-corrected chi connectivity index (χ3v) is 4.71. The van der Waals surface area contributed by atoms with Crippen molar-refractivity contribution >= 4 is 0 Å². The van der Waals surface area contributed by atoms with Crippen LogP contribution in [-0.4, -0.2) is 31.1 Å². The first-order valence-corrected chi connectivity index (χ1v) is 7.35. The summed E-state index contributed by atoms with van der Waals surface area (Å²) in [4.78, 5) is 2.60. The molecule has 0 spiro atoms. The fourth-order valence-electron chi connectivity index (χ4n) is 3.64. The molecule has 0 bridgehead atoms. The number of nitrogens with two attached hydrogens (primary N) is 1. The second-order valence-corrected chi connectivity index (χ2v) is 6.10. The van der Waals surface area contributed by atoms with E-state index in [2.05, 4.69) is 24.0 Å². The van der Waals surface area contributed by atoms with Crippen LogP contribution in [0, 0.1) is 5.92 Å². The van der Waals surface area contributed by atoms with E-state index in [0.29, 0.717) is 6.04 Å². The molecule has 0 amide bonds. The predicted octanol–water partition coefficient (Wildman–Crippen LogP) is 2.35. The summed E-state index contributed by atoms with van der Waals surface area (Å²) < 4.78 is 5.32. The predicted molar refractivity (Wildman–Crippen MR) is 77.4 cm³/mol. The maximum Gasteiger partial charge on any atom is 0.119 e. The van der Waals surface area contributed by atoms with Gasteiger partial charge in [-0.05, 0) is 55.0 Å². The molecule has 0 aromatic heterocycles. The zero-order valence-electron chi connectivity index (χ0n) is 11.9. The summed E-state index contributed by atoms with van der Waals surface area (Å²) in [5.41, 5.74) is 9.17. The van der Waals surface area contributed by atoms with Crippen molar-refractivity contribution < 1.29 is 4.74 Å². The fourth-order valence-corrected chi connectivity index (χ4v) is 3.64. The van der Waals surface area contributed by atoms with Crippen LogP contribution >= 0.6 is 0 Å². The highest BCUT2D eigenvalue weighted by Crippen LogP contribution is 2.36. The quantitative estimate of drug-likeness (QED) is 0.887. The van der Waals surface area contributed by atoms with E-state index in [4.69, 9.17) is 10.5 Å². The molecule has 3 heteroatoms. The van der Waals surface area contributed by atoms with Crippen LogP contribution in [0.4, 0.5) is 0 Å². The molecule has 3 rings (SSSR count). The summed E-state index contributed by atoms with van der Waals surface area (Å²) in [5.74, 6) is 1.72. The molecular formula is C16H24N2O. The number of likely N-dealkylation sites (tertiary alicyclic amines) is 1. The van der Waals surface area contributed by atoms with Crippen molar-refractivity contribution in [2.45, 2.75) is 38.3 Å². The molecule has 0 saturated carbocycles. The molecule has 2 N–H and O–H groups in total. The number of ether oxygens (including phenoxy) is 1. The van der Waals surface area contributed by atoms with E-state index in [1.165, 1.54) is 37.1 Å². The number of nitrogens with zero attached hydrogens (tertiary/aromatic N) is 1. The van der Waals surface area contributed by atoms with Gasteiger partial charge in [-0.3, -0.25) is 4.90 Å². The van der Waals surface area contributed by atoms with E-state index in [1.807, 2.05) is 6.07 Å². The maximum atomic E-state index is 6.49. The van der Waals surface area contributed by atoms with Crippen molar-refractivity contribution in [1.82, 2.24) is 4.90 Å². The van der Waals surface area contributed by atoms with Gasteiger partial charge in [-0.2, -0.15) is 0 Å². The molecule has 0 radical (unpaired) electrons. The molecule has 104 valence electrons. The lowest BCUT2D eigenvalue weighted by Crippen LogP contribution is -2.46. The molecule has 1 aromatic carbocycles. The second-order valence-electron chi connectivity index (χ2n) is 6.10. The Bertz CT molecular complexity index is 460. The zero-order valence-corrected chi connectivity index (χ0v) is 11.9. The van der Waals surface area contributed by atoms with Crippen LogP contribution in [0.1, 0.15) is 36.9 Å². The first-order chi connectivity index (χ1) is 9.19. The summed E-state index contributed by atoms with van der Waals surface area (Å²) >= 11 is 0. The fraction of sp³-hybridized carbons (Fsp3) is 0.625. The number of rotatable bonds is 2. The number of hydrogen-bond acceptors (Lipinski definition) is 3. The molecule has 19 heavy (non-hydrogen) atoms. The Hall–Kier alpha value is -1.06. The minimum Gasteiger partial charge on any atom is -0.497 e. The Morgan fingerprint density at radius 1 is 1.37 bits per heavy atom. The molecule has 1 aliphatic heterocycles. The van der Waals surface area contributed by atoms with Gasteiger partial charge in [0.25, 0.3) is 0 Å². The third-order valence-electron chi connectivity index (χ3n) is 4.71. The van der Waals surface area contributed by atoms with Crippen LogP contribution in [0.2, 0.25) is 0 Å². The van der Waals surface area contributed by atoms with Crippen LogP contribution < -0.4 is 10.5 Å². The van der Waals surface area contributed by atoms with Crippen molar-refractivity contribution in [2.24, 2.45) is 11.7 Å². The SMILES string of the molecule is COc1ccc2c(c1)C(N)C(N1CCCC(C)C1)C2. The van der Waals surface area contributed by atoms with Crippen molar-refractivity contribution in [3.63, 3.8) is 0 Å². The minimum absolute atomic E-state index is 0.135. The average molecular weight is 260 g/mol. The minimum atomic E-state index is 0.135. The highest BCUT2D eigenvalue weighted by Gasteiger charge is 2.35. The molecule has 2 aliphatic rings. The van der Waals surface area contributed by atoms with E-state index in [0.717, 1.165) is 18.1 Å². The Labute approximate surface area is 115 Å². The van der Waals surface area contributed by atoms with Crippen LogP contribution in [0.25, 0.3) is 0 Å². The normalized spacial score (nSPS) is 31.2. The zero-order chi connectivity index (χ0) is 13.4. The van der Waals surface area contributed by atoms with Crippen molar-refractivity contribution in [3.05, 3.63) is 29.3 Å². The third kappa shape index (κ3) is 2.37. The maximum absolute atomic E-state index is 6.49. The van der Waals surface area contributed by atoms with Crippen LogP contribution in [0.3, 0.4) is 0 Å². The lowest BCUT2D eigenvalue weighted by atomic mass is 9.97. The largest absolute Gasteiger partial charge is 0.497 e. The topological polar surface area (TPSA) is 38.5 Å². The average Bonchev–Trinajstić information content (AvgIpc) is 2.76. The molecule has 1 aliphatic carbocycles. The number of fused-ring (bicyclic) bond motifs is 1. The van der Waals surface area contributed by atoms with Crippen LogP contribution in [0.15, 0.2) is 18.2 Å². The summed E-state index contributed by atoms with van der Waals surface area (Å²) in [5, 5.41) is 0. The van der Waals surface area contributed by atoms with E-state index in [-0.39, 0.29) is 6.04 Å². The van der Waals surface area contributed by atoms with Gasteiger partial charge < -0.3 is 10.5 Å². The van der Waals surface area contributed by atoms with Crippen molar-refractivity contribution in [1.29, 1.82) is 0 Å². The smallest absolute Gasteiger partial charge is 0.119 e. The summed E-state index contributed by atoms with van der Waals surface area (Å²) in [6.45, 7) is 4.75. The number of benzene rings is 1. The molecule has 3 nitrogen and oxygen atoms in total. The van der Waals surface area contributed by atoms with Gasteiger partial charge in [-0.25, -0.2) is 0 Å². The summed E-state index contributed by atoms with van der Waals surface area (Å²) in [7, 11) is 1.71. The summed E-state index contributed by atoms with van der Waals surface area (Å²) in [6.07, 6.45) is 3.76. The van der Waals surface area contributed by atoms with Crippen LogP contribution in [-0.2, 0) is 6.42 Å². The molecule has 1 saturated heterocycles.